The third kappa shape index (κ3) is 5.52. The van der Waals surface area contributed by atoms with Crippen molar-refractivity contribution in [3.8, 4) is 12.3 Å². The largest absolute Gasteiger partial charge is 0.395 e. The molecule has 1 heterocycles. The lowest BCUT2D eigenvalue weighted by atomic mass is 10.1. The SMILES string of the molecule is C#CCCCCC(=O)N(CCO)CC1CCCN1. The minimum atomic E-state index is 0.0306. The van der Waals surface area contributed by atoms with Crippen LogP contribution in [0.3, 0.4) is 0 Å². The van der Waals surface area contributed by atoms with Crippen LogP contribution in [-0.2, 0) is 4.79 Å². The van der Waals surface area contributed by atoms with Crippen LogP contribution in [0, 0.1) is 12.3 Å². The first-order valence-electron chi connectivity index (χ1n) is 6.83. The van der Waals surface area contributed by atoms with Crippen molar-refractivity contribution < 1.29 is 9.90 Å². The Morgan fingerprint density at radius 3 is 2.94 bits per heavy atom. The van der Waals surface area contributed by atoms with E-state index in [9.17, 15) is 4.79 Å². The fourth-order valence-electron chi connectivity index (χ4n) is 2.28. The summed E-state index contributed by atoms with van der Waals surface area (Å²) in [6.07, 6.45) is 10.5. The highest BCUT2D eigenvalue weighted by Crippen LogP contribution is 2.09. The number of aliphatic hydroxyl groups excluding tert-OH is 1. The zero-order valence-electron chi connectivity index (χ0n) is 11.0. The van der Waals surface area contributed by atoms with Crippen molar-refractivity contribution in [1.29, 1.82) is 0 Å². The molecule has 0 spiro atoms. The second-order valence-electron chi connectivity index (χ2n) is 4.77. The molecule has 0 aromatic carbocycles. The Kier molecular flexibility index (Phi) is 7.47. The first kappa shape index (κ1) is 15.0. The van der Waals surface area contributed by atoms with Gasteiger partial charge in [0.2, 0.25) is 5.91 Å². The molecule has 0 bridgehead atoms. The predicted molar refractivity (Wildman–Crippen MR) is 72.0 cm³/mol. The lowest BCUT2D eigenvalue weighted by molar-refractivity contribution is -0.132. The van der Waals surface area contributed by atoms with Gasteiger partial charge in [0.1, 0.15) is 0 Å². The van der Waals surface area contributed by atoms with Gasteiger partial charge in [0.25, 0.3) is 0 Å². The number of hydrogen-bond donors (Lipinski definition) is 2. The van der Waals surface area contributed by atoms with Crippen LogP contribution in [0.4, 0.5) is 0 Å². The molecule has 0 aliphatic carbocycles. The zero-order chi connectivity index (χ0) is 13.2. The molecule has 2 N–H and O–H groups in total. The number of hydrogen-bond acceptors (Lipinski definition) is 3. The fourth-order valence-corrected chi connectivity index (χ4v) is 2.28. The third-order valence-electron chi connectivity index (χ3n) is 3.29. The molecule has 4 nitrogen and oxygen atoms in total. The van der Waals surface area contributed by atoms with E-state index in [1.54, 1.807) is 4.90 Å². The van der Waals surface area contributed by atoms with Crippen LogP contribution in [0.25, 0.3) is 0 Å². The molecular formula is C14H24N2O2. The standard InChI is InChI=1S/C14H24N2O2/c1-2-3-4-5-8-14(18)16(10-11-17)12-13-7-6-9-15-13/h1,13,15,17H,3-12H2. The van der Waals surface area contributed by atoms with Crippen molar-refractivity contribution in [1.82, 2.24) is 10.2 Å². The van der Waals surface area contributed by atoms with Crippen LogP contribution >= 0.6 is 0 Å². The number of aliphatic hydroxyl groups is 1. The number of nitrogens with zero attached hydrogens (tertiary/aromatic N) is 1. The summed E-state index contributed by atoms with van der Waals surface area (Å²) >= 11 is 0. The second-order valence-corrected chi connectivity index (χ2v) is 4.77. The fraction of sp³-hybridized carbons (Fsp3) is 0.786. The van der Waals surface area contributed by atoms with Crippen LogP contribution in [0.5, 0.6) is 0 Å². The van der Waals surface area contributed by atoms with Crippen molar-refractivity contribution in [2.45, 2.75) is 44.6 Å². The number of amides is 1. The topological polar surface area (TPSA) is 52.6 Å². The molecule has 0 radical (unpaired) electrons. The van der Waals surface area contributed by atoms with Gasteiger partial charge in [-0.05, 0) is 32.2 Å². The predicted octanol–water partition coefficient (Wildman–Crippen LogP) is 0.753. The van der Waals surface area contributed by atoms with Crippen LogP contribution in [0.15, 0.2) is 0 Å². The Bertz CT molecular complexity index is 280. The first-order valence-corrected chi connectivity index (χ1v) is 6.83. The summed E-state index contributed by atoms with van der Waals surface area (Å²) < 4.78 is 0. The van der Waals surface area contributed by atoms with Crippen LogP contribution in [-0.4, -0.2) is 48.2 Å². The van der Waals surface area contributed by atoms with Crippen molar-refractivity contribution in [2.75, 3.05) is 26.2 Å². The van der Waals surface area contributed by atoms with Gasteiger partial charge in [-0.2, -0.15) is 0 Å². The van der Waals surface area contributed by atoms with Crippen LogP contribution in [0.2, 0.25) is 0 Å². The van der Waals surface area contributed by atoms with Gasteiger partial charge in [-0.1, -0.05) is 0 Å². The van der Waals surface area contributed by atoms with Gasteiger partial charge in [0.05, 0.1) is 6.61 Å². The van der Waals surface area contributed by atoms with Gasteiger partial charge in [0, 0.05) is 32.0 Å². The van der Waals surface area contributed by atoms with E-state index < -0.39 is 0 Å². The van der Waals surface area contributed by atoms with Gasteiger partial charge < -0.3 is 15.3 Å². The molecular weight excluding hydrogens is 228 g/mol. The van der Waals surface area contributed by atoms with E-state index in [0.717, 1.165) is 32.2 Å². The molecule has 1 amide bonds. The van der Waals surface area contributed by atoms with Crippen molar-refractivity contribution in [2.24, 2.45) is 0 Å². The molecule has 102 valence electrons. The number of unbranched alkanes of at least 4 members (excludes halogenated alkanes) is 2. The summed E-state index contributed by atoms with van der Waals surface area (Å²) in [5.41, 5.74) is 0. The van der Waals surface area contributed by atoms with Gasteiger partial charge in [-0.15, -0.1) is 12.3 Å². The monoisotopic (exact) mass is 252 g/mol. The Morgan fingerprint density at radius 1 is 1.50 bits per heavy atom. The van der Waals surface area contributed by atoms with Gasteiger partial charge >= 0.3 is 0 Å². The van der Waals surface area contributed by atoms with E-state index in [-0.39, 0.29) is 12.5 Å². The van der Waals surface area contributed by atoms with Crippen LogP contribution < -0.4 is 5.32 Å². The van der Waals surface area contributed by atoms with Crippen molar-refractivity contribution in [3.63, 3.8) is 0 Å². The summed E-state index contributed by atoms with van der Waals surface area (Å²) in [5.74, 6) is 2.71. The maximum absolute atomic E-state index is 12.0. The Balaban J connectivity index is 2.29. The molecule has 1 aliphatic rings. The Hall–Kier alpha value is -1.05. The Labute approximate surface area is 110 Å². The molecule has 1 rings (SSSR count). The molecule has 4 heteroatoms. The summed E-state index contributed by atoms with van der Waals surface area (Å²) in [6, 6.07) is 0.395. The number of carbonyl (C=O) groups is 1. The normalized spacial score (nSPS) is 18.6. The van der Waals surface area contributed by atoms with E-state index >= 15 is 0 Å². The Morgan fingerprint density at radius 2 is 2.33 bits per heavy atom. The number of terminal acetylenes is 1. The average Bonchev–Trinajstić information content (AvgIpc) is 2.87. The number of carbonyl (C=O) groups excluding carboxylic acids is 1. The minimum Gasteiger partial charge on any atom is -0.395 e. The van der Waals surface area contributed by atoms with Crippen molar-refractivity contribution in [3.05, 3.63) is 0 Å². The van der Waals surface area contributed by atoms with Gasteiger partial charge in [-0.3, -0.25) is 4.79 Å². The second kappa shape index (κ2) is 8.96. The molecule has 0 aromatic rings. The summed E-state index contributed by atoms with van der Waals surface area (Å²) in [4.78, 5) is 13.8. The summed E-state index contributed by atoms with van der Waals surface area (Å²) in [6.45, 7) is 2.22. The highest BCUT2D eigenvalue weighted by atomic mass is 16.3. The molecule has 1 fully saturated rings. The van der Waals surface area contributed by atoms with E-state index in [4.69, 9.17) is 11.5 Å². The smallest absolute Gasteiger partial charge is 0.222 e. The quantitative estimate of drug-likeness (QED) is 0.495. The van der Waals surface area contributed by atoms with E-state index in [2.05, 4.69) is 11.2 Å². The van der Waals surface area contributed by atoms with Gasteiger partial charge in [0.15, 0.2) is 0 Å². The zero-order valence-corrected chi connectivity index (χ0v) is 11.0. The molecule has 1 aliphatic heterocycles. The maximum Gasteiger partial charge on any atom is 0.222 e. The summed E-state index contributed by atoms with van der Waals surface area (Å²) in [5, 5.41) is 12.4. The summed E-state index contributed by atoms with van der Waals surface area (Å²) in [7, 11) is 0. The molecule has 0 aromatic heterocycles. The molecule has 1 atom stereocenters. The number of rotatable bonds is 8. The first-order chi connectivity index (χ1) is 8.77. The lowest BCUT2D eigenvalue weighted by Gasteiger charge is -2.25. The van der Waals surface area contributed by atoms with E-state index in [0.29, 0.717) is 25.6 Å². The number of nitrogens with one attached hydrogen (secondary N) is 1. The maximum atomic E-state index is 12.0. The highest BCUT2D eigenvalue weighted by molar-refractivity contribution is 5.76. The van der Waals surface area contributed by atoms with Gasteiger partial charge in [-0.25, -0.2) is 0 Å². The molecule has 18 heavy (non-hydrogen) atoms. The molecule has 1 saturated heterocycles. The van der Waals surface area contributed by atoms with Crippen molar-refractivity contribution >= 4 is 5.91 Å². The van der Waals surface area contributed by atoms with E-state index in [1.165, 1.54) is 6.42 Å². The van der Waals surface area contributed by atoms with Crippen LogP contribution in [0.1, 0.15) is 38.5 Å². The lowest BCUT2D eigenvalue weighted by Crippen LogP contribution is -2.42. The van der Waals surface area contributed by atoms with E-state index in [1.807, 2.05) is 0 Å². The third-order valence-corrected chi connectivity index (χ3v) is 3.29. The molecule has 1 unspecified atom stereocenters. The highest BCUT2D eigenvalue weighted by Gasteiger charge is 2.20. The minimum absolute atomic E-state index is 0.0306. The average molecular weight is 252 g/mol. The molecule has 0 saturated carbocycles.